The van der Waals surface area contributed by atoms with Crippen LogP contribution >= 0.6 is 0 Å². The molecule has 92 valence electrons. The Bertz CT molecular complexity index is 354. The van der Waals surface area contributed by atoms with Crippen LogP contribution in [0.5, 0.6) is 0 Å². The number of rotatable bonds is 4. The molecule has 1 aromatic heterocycles. The Morgan fingerprint density at radius 2 is 1.94 bits per heavy atom. The van der Waals surface area contributed by atoms with E-state index in [0.29, 0.717) is 12.0 Å². The van der Waals surface area contributed by atoms with Crippen LogP contribution in [-0.2, 0) is 13.6 Å². The van der Waals surface area contributed by atoms with Crippen LogP contribution in [0.4, 0.5) is 5.82 Å². The van der Waals surface area contributed by atoms with Crippen LogP contribution < -0.4 is 5.73 Å². The third-order valence-corrected chi connectivity index (χ3v) is 3.46. The number of hydrogen-bond acceptors (Lipinski definition) is 3. The molecule has 0 spiro atoms. The Labute approximate surface area is 98.4 Å². The number of nitrogens with zero attached hydrogens (tertiary/aromatic N) is 3. The third-order valence-electron chi connectivity index (χ3n) is 3.46. The van der Waals surface area contributed by atoms with Gasteiger partial charge in [0.15, 0.2) is 0 Å². The zero-order chi connectivity index (χ0) is 12.5. The van der Waals surface area contributed by atoms with Gasteiger partial charge in [0, 0.05) is 25.2 Å². The van der Waals surface area contributed by atoms with Crippen LogP contribution in [0.3, 0.4) is 0 Å². The van der Waals surface area contributed by atoms with E-state index in [0.717, 1.165) is 23.6 Å². The number of nitrogens with two attached hydrogens (primary N) is 1. The largest absolute Gasteiger partial charge is 0.384 e. The number of nitrogen functional groups attached to an aromatic ring is 1. The minimum Gasteiger partial charge on any atom is -0.384 e. The molecule has 1 atom stereocenters. The zero-order valence-corrected chi connectivity index (χ0v) is 11.3. The van der Waals surface area contributed by atoms with Crippen molar-refractivity contribution in [2.75, 3.05) is 12.8 Å². The minimum atomic E-state index is 0.541. The molecule has 1 aromatic rings. The highest BCUT2D eigenvalue weighted by Gasteiger charge is 2.17. The number of anilines is 1. The lowest BCUT2D eigenvalue weighted by molar-refractivity contribution is 0.200. The van der Waals surface area contributed by atoms with E-state index >= 15 is 0 Å². The molecule has 0 fully saturated rings. The molecule has 0 aliphatic heterocycles. The summed E-state index contributed by atoms with van der Waals surface area (Å²) in [4.78, 5) is 2.32. The van der Waals surface area contributed by atoms with E-state index in [-0.39, 0.29) is 0 Å². The molecule has 0 saturated heterocycles. The Hall–Kier alpha value is -1.03. The topological polar surface area (TPSA) is 47.1 Å². The predicted octanol–water partition coefficient (Wildman–Crippen LogP) is 1.79. The summed E-state index contributed by atoms with van der Waals surface area (Å²) in [7, 11) is 4.02. The predicted molar refractivity (Wildman–Crippen MR) is 68.1 cm³/mol. The van der Waals surface area contributed by atoms with Gasteiger partial charge in [-0.2, -0.15) is 5.10 Å². The fourth-order valence-corrected chi connectivity index (χ4v) is 1.82. The fraction of sp³-hybridized carbons (Fsp3) is 0.750. The van der Waals surface area contributed by atoms with Gasteiger partial charge >= 0.3 is 0 Å². The average molecular weight is 224 g/mol. The van der Waals surface area contributed by atoms with Gasteiger partial charge in [0.25, 0.3) is 0 Å². The van der Waals surface area contributed by atoms with Gasteiger partial charge in [0.1, 0.15) is 5.82 Å². The van der Waals surface area contributed by atoms with E-state index < -0.39 is 0 Å². The molecule has 4 nitrogen and oxygen atoms in total. The first-order valence-electron chi connectivity index (χ1n) is 5.82. The molecule has 0 saturated carbocycles. The molecule has 0 aliphatic carbocycles. The van der Waals surface area contributed by atoms with E-state index in [1.165, 1.54) is 0 Å². The van der Waals surface area contributed by atoms with Crippen molar-refractivity contribution in [3.05, 3.63) is 11.3 Å². The quantitative estimate of drug-likeness (QED) is 0.848. The van der Waals surface area contributed by atoms with Crippen LogP contribution in [0.2, 0.25) is 0 Å². The number of hydrogen-bond donors (Lipinski definition) is 1. The van der Waals surface area contributed by atoms with Crippen molar-refractivity contribution in [1.29, 1.82) is 0 Å². The van der Waals surface area contributed by atoms with Gasteiger partial charge in [-0.05, 0) is 26.8 Å². The van der Waals surface area contributed by atoms with E-state index in [9.17, 15) is 0 Å². The number of aryl methyl sites for hydroxylation is 2. The monoisotopic (exact) mass is 224 g/mol. The van der Waals surface area contributed by atoms with Gasteiger partial charge in [0.05, 0.1) is 5.69 Å². The summed E-state index contributed by atoms with van der Waals surface area (Å²) in [5, 5.41) is 4.33. The van der Waals surface area contributed by atoms with Gasteiger partial charge in [-0.3, -0.25) is 9.58 Å². The molecule has 4 heteroatoms. The van der Waals surface area contributed by atoms with Gasteiger partial charge < -0.3 is 5.73 Å². The van der Waals surface area contributed by atoms with Gasteiger partial charge in [0.2, 0.25) is 0 Å². The first-order valence-corrected chi connectivity index (χ1v) is 5.82. The molecule has 2 N–H and O–H groups in total. The van der Waals surface area contributed by atoms with Crippen LogP contribution in [-0.4, -0.2) is 27.8 Å². The highest BCUT2D eigenvalue weighted by molar-refractivity contribution is 5.42. The molecule has 0 bridgehead atoms. The summed E-state index contributed by atoms with van der Waals surface area (Å²) in [5.74, 6) is 1.42. The lowest BCUT2D eigenvalue weighted by Gasteiger charge is -2.27. The highest BCUT2D eigenvalue weighted by atomic mass is 15.3. The first-order chi connectivity index (χ1) is 7.34. The summed E-state index contributed by atoms with van der Waals surface area (Å²) < 4.78 is 1.75. The molecule has 0 aliphatic rings. The lowest BCUT2D eigenvalue weighted by Crippen LogP contribution is -2.33. The van der Waals surface area contributed by atoms with Crippen LogP contribution in [0, 0.1) is 12.8 Å². The summed E-state index contributed by atoms with van der Waals surface area (Å²) in [5.41, 5.74) is 8.18. The molecular formula is C12H24N4. The smallest absolute Gasteiger partial charge is 0.126 e. The SMILES string of the molecule is Cc1nn(C)c(N)c1CN(C)C(C)C(C)C. The molecule has 0 aromatic carbocycles. The lowest BCUT2D eigenvalue weighted by atomic mass is 10.0. The first kappa shape index (κ1) is 13.0. The third kappa shape index (κ3) is 2.55. The van der Waals surface area contributed by atoms with Gasteiger partial charge in [-0.15, -0.1) is 0 Å². The molecule has 1 heterocycles. The summed E-state index contributed by atoms with van der Waals surface area (Å²) >= 11 is 0. The van der Waals surface area contributed by atoms with Gasteiger partial charge in [-0.1, -0.05) is 13.8 Å². The van der Waals surface area contributed by atoms with E-state index in [1.807, 2.05) is 14.0 Å². The van der Waals surface area contributed by atoms with Crippen molar-refractivity contribution in [3.8, 4) is 0 Å². The minimum absolute atomic E-state index is 0.541. The van der Waals surface area contributed by atoms with Crippen molar-refractivity contribution in [1.82, 2.24) is 14.7 Å². The van der Waals surface area contributed by atoms with Crippen LogP contribution in [0.25, 0.3) is 0 Å². The van der Waals surface area contributed by atoms with E-state index in [2.05, 4.69) is 37.8 Å². The van der Waals surface area contributed by atoms with Crippen molar-refractivity contribution >= 4 is 5.82 Å². The molecular weight excluding hydrogens is 200 g/mol. The molecule has 0 amide bonds. The van der Waals surface area contributed by atoms with E-state index in [1.54, 1.807) is 4.68 Å². The van der Waals surface area contributed by atoms with Gasteiger partial charge in [-0.25, -0.2) is 0 Å². The molecule has 0 radical (unpaired) electrons. The maximum atomic E-state index is 6.00. The van der Waals surface area contributed by atoms with E-state index in [4.69, 9.17) is 5.73 Å². The molecule has 1 unspecified atom stereocenters. The maximum Gasteiger partial charge on any atom is 0.126 e. The van der Waals surface area contributed by atoms with Crippen LogP contribution in [0.15, 0.2) is 0 Å². The summed E-state index contributed by atoms with van der Waals surface area (Å²) in [6.07, 6.45) is 0. The highest BCUT2D eigenvalue weighted by Crippen LogP contribution is 2.19. The van der Waals surface area contributed by atoms with Crippen molar-refractivity contribution in [3.63, 3.8) is 0 Å². The fourth-order valence-electron chi connectivity index (χ4n) is 1.82. The maximum absolute atomic E-state index is 6.00. The van der Waals surface area contributed by atoms with Crippen molar-refractivity contribution in [2.45, 2.75) is 40.3 Å². The average Bonchev–Trinajstić information content (AvgIpc) is 2.43. The Kier molecular flexibility index (Phi) is 3.97. The molecule has 1 rings (SSSR count). The van der Waals surface area contributed by atoms with Crippen molar-refractivity contribution in [2.24, 2.45) is 13.0 Å². The molecule has 16 heavy (non-hydrogen) atoms. The summed E-state index contributed by atoms with van der Waals surface area (Å²) in [6, 6.07) is 0.541. The summed E-state index contributed by atoms with van der Waals surface area (Å²) in [6.45, 7) is 9.60. The second kappa shape index (κ2) is 4.87. The second-order valence-electron chi connectivity index (χ2n) is 4.97. The normalized spacial score (nSPS) is 13.8. The van der Waals surface area contributed by atoms with Crippen LogP contribution in [0.1, 0.15) is 32.0 Å². The number of aromatic nitrogens is 2. The Balaban J connectivity index is 2.80. The van der Waals surface area contributed by atoms with Crippen molar-refractivity contribution < 1.29 is 0 Å². The Morgan fingerprint density at radius 3 is 2.31 bits per heavy atom. The second-order valence-corrected chi connectivity index (χ2v) is 4.97. The standard InChI is InChI=1S/C12H24N4/c1-8(2)10(4)15(5)7-11-9(3)14-16(6)12(11)13/h8,10H,7,13H2,1-6H3. The zero-order valence-electron chi connectivity index (χ0n) is 11.3. The Morgan fingerprint density at radius 1 is 1.38 bits per heavy atom.